The number of hydrogen-bond donors (Lipinski definition) is 2. The zero-order valence-electron chi connectivity index (χ0n) is 11.9. The third-order valence-electron chi connectivity index (χ3n) is 5.15. The normalized spacial score (nSPS) is 36.7. The van der Waals surface area contributed by atoms with Gasteiger partial charge in [-0.2, -0.15) is 0 Å². The summed E-state index contributed by atoms with van der Waals surface area (Å²) < 4.78 is 5.78. The third-order valence-corrected chi connectivity index (χ3v) is 5.15. The van der Waals surface area contributed by atoms with E-state index in [-0.39, 0.29) is 29.4 Å². The van der Waals surface area contributed by atoms with Crippen molar-refractivity contribution in [2.45, 2.75) is 51.7 Å². The van der Waals surface area contributed by atoms with Gasteiger partial charge in [0.15, 0.2) is 5.96 Å². The molecular weight excluding hydrogens is 353 g/mol. The Balaban J connectivity index is 0.00000133. The largest absolute Gasteiger partial charge is 0.377 e. The summed E-state index contributed by atoms with van der Waals surface area (Å²) in [5.41, 5.74) is 6.19. The van der Waals surface area contributed by atoms with E-state index in [2.05, 4.69) is 24.2 Å². The fourth-order valence-electron chi connectivity index (χ4n) is 3.73. The number of hydrogen-bond acceptors (Lipinski definition) is 2. The Labute approximate surface area is 133 Å². The van der Waals surface area contributed by atoms with Crippen molar-refractivity contribution in [3.63, 3.8) is 0 Å². The Bertz CT molecular complexity index is 355. The minimum Gasteiger partial charge on any atom is -0.377 e. The molecule has 2 aliphatic carbocycles. The lowest BCUT2D eigenvalue weighted by molar-refractivity contribution is -0.106. The molecule has 4 nitrogen and oxygen atoms in total. The summed E-state index contributed by atoms with van der Waals surface area (Å²) >= 11 is 0. The molecule has 0 spiro atoms. The summed E-state index contributed by atoms with van der Waals surface area (Å²) in [6.45, 7) is 6.32. The molecule has 19 heavy (non-hydrogen) atoms. The first-order chi connectivity index (χ1) is 8.59. The predicted molar refractivity (Wildman–Crippen MR) is 87.8 cm³/mol. The van der Waals surface area contributed by atoms with Crippen molar-refractivity contribution in [1.29, 1.82) is 0 Å². The minimum absolute atomic E-state index is 0. The monoisotopic (exact) mass is 379 g/mol. The lowest BCUT2D eigenvalue weighted by atomic mass is 9.57. The number of nitrogens with zero attached hydrogens (tertiary/aromatic N) is 1. The van der Waals surface area contributed by atoms with Gasteiger partial charge >= 0.3 is 0 Å². The standard InChI is InChI=1S/C14H25N3O.HI/c1-14(2)11(10-6-7-18-12(10)14)17-13(15)16-8-9-4-3-5-9;/h9-12H,3-8H2,1-2H3,(H3,15,16,17);1H. The zero-order valence-corrected chi connectivity index (χ0v) is 14.2. The zero-order chi connectivity index (χ0) is 12.8. The van der Waals surface area contributed by atoms with Crippen molar-refractivity contribution < 1.29 is 4.74 Å². The highest BCUT2D eigenvalue weighted by Crippen LogP contribution is 2.51. The molecule has 1 heterocycles. The first-order valence-electron chi connectivity index (χ1n) is 7.27. The van der Waals surface area contributed by atoms with Gasteiger partial charge in [0, 0.05) is 30.5 Å². The molecule has 3 atom stereocenters. The molecule has 3 rings (SSSR count). The fourth-order valence-corrected chi connectivity index (χ4v) is 3.73. The maximum atomic E-state index is 6.01. The van der Waals surface area contributed by atoms with Crippen LogP contribution in [0.1, 0.15) is 39.5 Å². The van der Waals surface area contributed by atoms with Gasteiger partial charge in [-0.1, -0.05) is 20.3 Å². The van der Waals surface area contributed by atoms with Crippen LogP contribution in [0.4, 0.5) is 0 Å². The summed E-state index contributed by atoms with van der Waals surface area (Å²) in [6, 6.07) is 0.426. The van der Waals surface area contributed by atoms with E-state index >= 15 is 0 Å². The van der Waals surface area contributed by atoms with Crippen LogP contribution >= 0.6 is 24.0 Å². The van der Waals surface area contributed by atoms with Gasteiger partial charge in [-0.05, 0) is 25.2 Å². The topological polar surface area (TPSA) is 59.6 Å². The van der Waals surface area contributed by atoms with E-state index in [1.54, 1.807) is 0 Å². The van der Waals surface area contributed by atoms with Crippen LogP contribution in [0.25, 0.3) is 0 Å². The quantitative estimate of drug-likeness (QED) is 0.449. The number of rotatable bonds is 3. The number of nitrogens with one attached hydrogen (secondary N) is 1. The highest BCUT2D eigenvalue weighted by atomic mass is 127. The number of guanidine groups is 1. The van der Waals surface area contributed by atoms with Crippen LogP contribution in [-0.2, 0) is 4.74 Å². The summed E-state index contributed by atoms with van der Waals surface area (Å²) in [6.07, 6.45) is 5.58. The summed E-state index contributed by atoms with van der Waals surface area (Å²) in [7, 11) is 0. The number of halogens is 1. The number of nitrogens with two attached hydrogens (primary N) is 1. The molecule has 0 amide bonds. The van der Waals surface area contributed by atoms with Crippen LogP contribution in [-0.4, -0.2) is 31.3 Å². The SMILES string of the molecule is CC1(C)C(NC(N)=NCC2CCC2)C2CCOC21.I. The molecule has 0 aromatic carbocycles. The molecule has 2 saturated carbocycles. The van der Waals surface area contributed by atoms with E-state index in [1.165, 1.54) is 19.3 Å². The van der Waals surface area contributed by atoms with Gasteiger partial charge in [-0.3, -0.25) is 4.99 Å². The average molecular weight is 379 g/mol. The van der Waals surface area contributed by atoms with Crippen LogP contribution in [0.5, 0.6) is 0 Å². The first-order valence-corrected chi connectivity index (χ1v) is 7.27. The second-order valence-corrected chi connectivity index (χ2v) is 6.71. The van der Waals surface area contributed by atoms with E-state index in [4.69, 9.17) is 10.5 Å². The van der Waals surface area contributed by atoms with Crippen LogP contribution in [0.3, 0.4) is 0 Å². The van der Waals surface area contributed by atoms with Crippen molar-refractivity contribution in [2.75, 3.05) is 13.2 Å². The van der Waals surface area contributed by atoms with Gasteiger partial charge in [0.05, 0.1) is 6.10 Å². The molecule has 5 heteroatoms. The van der Waals surface area contributed by atoms with Gasteiger partial charge in [-0.25, -0.2) is 0 Å². The van der Waals surface area contributed by atoms with Crippen molar-refractivity contribution in [3.05, 3.63) is 0 Å². The van der Waals surface area contributed by atoms with Crippen molar-refractivity contribution in [1.82, 2.24) is 5.32 Å². The van der Waals surface area contributed by atoms with E-state index in [9.17, 15) is 0 Å². The molecule has 0 bridgehead atoms. The molecular formula is C14H26IN3O. The minimum atomic E-state index is 0. The van der Waals surface area contributed by atoms with Crippen molar-refractivity contribution in [3.8, 4) is 0 Å². The lowest BCUT2D eigenvalue weighted by Gasteiger charge is -2.54. The lowest BCUT2D eigenvalue weighted by Crippen LogP contribution is -2.67. The van der Waals surface area contributed by atoms with Gasteiger partial charge in [0.1, 0.15) is 0 Å². The maximum absolute atomic E-state index is 6.01. The molecule has 1 saturated heterocycles. The molecule has 0 radical (unpaired) electrons. The summed E-state index contributed by atoms with van der Waals surface area (Å²) in [5.74, 6) is 2.03. The van der Waals surface area contributed by atoms with Gasteiger partial charge in [0.2, 0.25) is 0 Å². The van der Waals surface area contributed by atoms with E-state index < -0.39 is 0 Å². The Morgan fingerprint density at radius 3 is 2.74 bits per heavy atom. The van der Waals surface area contributed by atoms with Crippen LogP contribution < -0.4 is 11.1 Å². The van der Waals surface area contributed by atoms with Crippen LogP contribution in [0.2, 0.25) is 0 Å². The van der Waals surface area contributed by atoms with Crippen molar-refractivity contribution >= 4 is 29.9 Å². The van der Waals surface area contributed by atoms with Crippen LogP contribution in [0, 0.1) is 17.3 Å². The predicted octanol–water partition coefficient (Wildman–Crippen LogP) is 2.12. The second kappa shape index (κ2) is 5.76. The third kappa shape index (κ3) is 2.73. The molecule has 110 valence electrons. The highest BCUT2D eigenvalue weighted by molar-refractivity contribution is 14.0. The second-order valence-electron chi connectivity index (χ2n) is 6.71. The Hall–Kier alpha value is -0.0400. The molecule has 3 fully saturated rings. The summed E-state index contributed by atoms with van der Waals surface area (Å²) in [4.78, 5) is 4.49. The summed E-state index contributed by atoms with van der Waals surface area (Å²) in [5, 5.41) is 3.43. The molecule has 0 aromatic rings. The Morgan fingerprint density at radius 1 is 1.37 bits per heavy atom. The maximum Gasteiger partial charge on any atom is 0.188 e. The Kier molecular flexibility index (Phi) is 4.65. The molecule has 3 N–H and O–H groups in total. The highest BCUT2D eigenvalue weighted by Gasteiger charge is 2.59. The van der Waals surface area contributed by atoms with E-state index in [0.717, 1.165) is 25.5 Å². The Morgan fingerprint density at radius 2 is 2.11 bits per heavy atom. The van der Waals surface area contributed by atoms with Gasteiger partial charge in [0.25, 0.3) is 0 Å². The number of aliphatic imine (C=N–C) groups is 1. The smallest absolute Gasteiger partial charge is 0.188 e. The average Bonchev–Trinajstić information content (AvgIpc) is 2.70. The van der Waals surface area contributed by atoms with Crippen LogP contribution in [0.15, 0.2) is 4.99 Å². The molecule has 3 unspecified atom stereocenters. The van der Waals surface area contributed by atoms with Gasteiger partial charge in [-0.15, -0.1) is 24.0 Å². The number of fused-ring (bicyclic) bond motifs is 1. The first kappa shape index (κ1) is 15.4. The molecule has 3 aliphatic rings. The van der Waals surface area contributed by atoms with Gasteiger partial charge < -0.3 is 15.8 Å². The fraction of sp³-hybridized carbons (Fsp3) is 0.929. The van der Waals surface area contributed by atoms with E-state index in [0.29, 0.717) is 24.0 Å². The number of ether oxygens (including phenoxy) is 1. The molecule has 1 aliphatic heterocycles. The molecule has 0 aromatic heterocycles. The van der Waals surface area contributed by atoms with Crippen molar-refractivity contribution in [2.24, 2.45) is 28.0 Å². The van der Waals surface area contributed by atoms with E-state index in [1.807, 2.05) is 0 Å².